The number of aliphatic carboxylic acids is 1. The van der Waals surface area contributed by atoms with Gasteiger partial charge in [-0.1, -0.05) is 78.9 Å². The first-order valence-electron chi connectivity index (χ1n) is 12.8. The zero-order chi connectivity index (χ0) is 27.6. The predicted octanol–water partition coefficient (Wildman–Crippen LogP) is 4.43. The molecule has 1 aliphatic rings. The molecule has 2 unspecified atom stereocenters. The molecule has 8 nitrogen and oxygen atoms in total. The van der Waals surface area contributed by atoms with E-state index in [-0.39, 0.29) is 24.9 Å². The molecule has 204 valence electrons. The van der Waals surface area contributed by atoms with E-state index in [2.05, 4.69) is 34.9 Å². The summed E-state index contributed by atoms with van der Waals surface area (Å²) in [4.78, 5) is 36.3. The van der Waals surface area contributed by atoms with Crippen molar-refractivity contribution in [3.63, 3.8) is 0 Å². The molecule has 3 N–H and O–H groups in total. The van der Waals surface area contributed by atoms with Crippen LogP contribution in [0.5, 0.6) is 0 Å². The molecular formula is C30H32N2O6S. The monoisotopic (exact) mass is 548 g/mol. The normalized spacial score (nSPS) is 13.6. The molecule has 0 aliphatic heterocycles. The fourth-order valence-electron chi connectivity index (χ4n) is 4.53. The van der Waals surface area contributed by atoms with E-state index in [4.69, 9.17) is 9.47 Å². The zero-order valence-electron chi connectivity index (χ0n) is 21.7. The van der Waals surface area contributed by atoms with Crippen molar-refractivity contribution in [2.24, 2.45) is 0 Å². The molecule has 0 bridgehead atoms. The summed E-state index contributed by atoms with van der Waals surface area (Å²) < 4.78 is 11.2. The van der Waals surface area contributed by atoms with Crippen LogP contribution in [0.15, 0.2) is 78.9 Å². The van der Waals surface area contributed by atoms with Crippen LogP contribution in [-0.4, -0.2) is 59.9 Å². The van der Waals surface area contributed by atoms with E-state index in [9.17, 15) is 19.5 Å². The van der Waals surface area contributed by atoms with Crippen molar-refractivity contribution in [2.45, 2.75) is 31.6 Å². The van der Waals surface area contributed by atoms with Gasteiger partial charge < -0.3 is 25.2 Å². The molecule has 4 rings (SSSR count). The van der Waals surface area contributed by atoms with Crippen LogP contribution < -0.4 is 10.6 Å². The number of benzene rings is 3. The maximum Gasteiger partial charge on any atom is 0.407 e. The number of amides is 2. The Morgan fingerprint density at radius 3 is 2.18 bits per heavy atom. The highest BCUT2D eigenvalue weighted by Crippen LogP contribution is 2.44. The van der Waals surface area contributed by atoms with Crippen LogP contribution in [0.4, 0.5) is 4.79 Å². The van der Waals surface area contributed by atoms with Gasteiger partial charge in [-0.15, -0.1) is 0 Å². The third-order valence-corrected chi connectivity index (χ3v) is 7.46. The Morgan fingerprint density at radius 1 is 0.923 bits per heavy atom. The number of carboxylic acid groups (broad SMARTS) is 1. The number of fused-ring (bicyclic) bond motifs is 3. The van der Waals surface area contributed by atoms with Crippen molar-refractivity contribution in [1.82, 2.24) is 10.6 Å². The van der Waals surface area contributed by atoms with Gasteiger partial charge in [-0.2, -0.15) is 11.8 Å². The summed E-state index contributed by atoms with van der Waals surface area (Å²) in [7, 11) is 0. The van der Waals surface area contributed by atoms with Crippen LogP contribution in [-0.2, 0) is 25.7 Å². The zero-order valence-corrected chi connectivity index (χ0v) is 22.5. The van der Waals surface area contributed by atoms with Gasteiger partial charge in [0.05, 0.1) is 18.5 Å². The van der Waals surface area contributed by atoms with Crippen molar-refractivity contribution in [3.05, 3.63) is 95.6 Å². The van der Waals surface area contributed by atoms with Crippen molar-refractivity contribution in [1.29, 1.82) is 0 Å². The van der Waals surface area contributed by atoms with Crippen molar-refractivity contribution in [2.75, 3.05) is 24.7 Å². The number of alkyl carbamates (subject to hydrolysis) is 1. The molecule has 3 aromatic rings. The van der Waals surface area contributed by atoms with Crippen LogP contribution in [0.3, 0.4) is 0 Å². The molecule has 0 fully saturated rings. The second kappa shape index (κ2) is 13.8. The SMILES string of the molecule is CC(OCc1ccccc1)C(NC(=O)CSCCNC(=O)OCC1c2ccccc2-c2ccccc21)C(=O)O. The van der Waals surface area contributed by atoms with Crippen molar-refractivity contribution < 1.29 is 29.0 Å². The summed E-state index contributed by atoms with van der Waals surface area (Å²) >= 11 is 1.29. The molecule has 0 saturated heterocycles. The van der Waals surface area contributed by atoms with Crippen LogP contribution >= 0.6 is 11.8 Å². The summed E-state index contributed by atoms with van der Waals surface area (Å²) in [5, 5.41) is 14.8. The van der Waals surface area contributed by atoms with Gasteiger partial charge in [-0.05, 0) is 34.7 Å². The minimum Gasteiger partial charge on any atom is -0.480 e. The highest BCUT2D eigenvalue weighted by Gasteiger charge is 2.29. The van der Waals surface area contributed by atoms with E-state index in [1.165, 1.54) is 22.9 Å². The Hall–Kier alpha value is -3.82. The maximum absolute atomic E-state index is 12.3. The number of carbonyl (C=O) groups is 3. The van der Waals surface area contributed by atoms with Gasteiger partial charge in [-0.3, -0.25) is 4.79 Å². The summed E-state index contributed by atoms with van der Waals surface area (Å²) in [6, 6.07) is 24.5. The van der Waals surface area contributed by atoms with E-state index in [0.29, 0.717) is 12.3 Å². The predicted molar refractivity (Wildman–Crippen MR) is 151 cm³/mol. The van der Waals surface area contributed by atoms with Crippen LogP contribution in [0.25, 0.3) is 11.1 Å². The molecule has 2 amide bonds. The van der Waals surface area contributed by atoms with E-state index in [1.807, 2.05) is 54.6 Å². The van der Waals surface area contributed by atoms with E-state index in [0.717, 1.165) is 16.7 Å². The van der Waals surface area contributed by atoms with Gasteiger partial charge in [0.2, 0.25) is 5.91 Å². The number of ether oxygens (including phenoxy) is 2. The minimum absolute atomic E-state index is 0.0116. The average molecular weight is 549 g/mol. The molecule has 0 spiro atoms. The summed E-state index contributed by atoms with van der Waals surface area (Å²) in [6.45, 7) is 2.41. The summed E-state index contributed by atoms with van der Waals surface area (Å²) in [5.74, 6) is -1.06. The van der Waals surface area contributed by atoms with Gasteiger partial charge in [0.25, 0.3) is 0 Å². The fraction of sp³-hybridized carbons (Fsp3) is 0.300. The lowest BCUT2D eigenvalue weighted by atomic mass is 9.98. The first-order chi connectivity index (χ1) is 18.9. The molecule has 0 saturated carbocycles. The number of thioether (sulfide) groups is 1. The average Bonchev–Trinajstić information content (AvgIpc) is 3.27. The first kappa shape index (κ1) is 28.2. The van der Waals surface area contributed by atoms with Crippen LogP contribution in [0.1, 0.15) is 29.5 Å². The smallest absolute Gasteiger partial charge is 0.407 e. The second-order valence-electron chi connectivity index (χ2n) is 9.19. The van der Waals surface area contributed by atoms with Crippen LogP contribution in [0.2, 0.25) is 0 Å². The van der Waals surface area contributed by atoms with Gasteiger partial charge in [0, 0.05) is 18.2 Å². The Bertz CT molecular complexity index is 1240. The molecular weight excluding hydrogens is 516 g/mol. The van der Waals surface area contributed by atoms with E-state index >= 15 is 0 Å². The van der Waals surface area contributed by atoms with Crippen molar-refractivity contribution in [3.8, 4) is 11.1 Å². The summed E-state index contributed by atoms with van der Waals surface area (Å²) in [6.07, 6.45) is -1.23. The molecule has 1 aliphatic carbocycles. The Kier molecular flexibility index (Phi) is 9.99. The molecule has 0 heterocycles. The van der Waals surface area contributed by atoms with Gasteiger partial charge >= 0.3 is 12.1 Å². The molecule has 0 radical (unpaired) electrons. The highest BCUT2D eigenvalue weighted by atomic mass is 32.2. The minimum atomic E-state index is -1.17. The third-order valence-electron chi connectivity index (χ3n) is 6.50. The maximum atomic E-state index is 12.3. The number of hydrogen-bond acceptors (Lipinski definition) is 6. The van der Waals surface area contributed by atoms with E-state index in [1.54, 1.807) is 6.92 Å². The number of rotatable bonds is 13. The number of carbonyl (C=O) groups excluding carboxylic acids is 2. The number of hydrogen-bond donors (Lipinski definition) is 3. The lowest BCUT2D eigenvalue weighted by Gasteiger charge is -2.22. The standard InChI is InChI=1S/C30H32N2O6S/c1-20(37-17-21-9-3-2-4-10-21)28(29(34)35)32-27(33)19-39-16-15-31-30(36)38-18-26-24-13-7-5-11-22(24)23-12-6-8-14-25(23)26/h2-14,20,26,28H,15-19H2,1H3,(H,31,36)(H,32,33)(H,34,35). The van der Waals surface area contributed by atoms with E-state index < -0.39 is 30.1 Å². The molecule has 2 atom stereocenters. The second-order valence-corrected chi connectivity index (χ2v) is 10.3. The first-order valence-corrected chi connectivity index (χ1v) is 13.9. The van der Waals surface area contributed by atoms with Crippen LogP contribution in [0, 0.1) is 0 Å². The highest BCUT2D eigenvalue weighted by molar-refractivity contribution is 7.99. The topological polar surface area (TPSA) is 114 Å². The van der Waals surface area contributed by atoms with Gasteiger partial charge in [0.15, 0.2) is 6.04 Å². The summed E-state index contributed by atoms with van der Waals surface area (Å²) in [5.41, 5.74) is 5.54. The molecule has 3 aromatic carbocycles. The Morgan fingerprint density at radius 2 is 1.54 bits per heavy atom. The third kappa shape index (κ3) is 7.61. The Balaban J connectivity index is 1.14. The molecule has 0 aromatic heterocycles. The largest absolute Gasteiger partial charge is 0.480 e. The fourth-order valence-corrected chi connectivity index (χ4v) is 5.19. The quantitative estimate of drug-likeness (QED) is 0.271. The molecule has 39 heavy (non-hydrogen) atoms. The lowest BCUT2D eigenvalue weighted by Crippen LogP contribution is -2.49. The number of nitrogens with one attached hydrogen (secondary N) is 2. The van der Waals surface area contributed by atoms with Gasteiger partial charge in [0.1, 0.15) is 6.61 Å². The van der Waals surface area contributed by atoms with Crippen molar-refractivity contribution >= 4 is 29.7 Å². The lowest BCUT2D eigenvalue weighted by molar-refractivity contribution is -0.146. The Labute approximate surface area is 232 Å². The van der Waals surface area contributed by atoms with Gasteiger partial charge in [-0.25, -0.2) is 9.59 Å². The number of carboxylic acids is 1. The molecule has 9 heteroatoms.